The van der Waals surface area contributed by atoms with Gasteiger partial charge in [0.25, 0.3) is 0 Å². The van der Waals surface area contributed by atoms with Gasteiger partial charge in [-0.05, 0) is 80.5 Å². The van der Waals surface area contributed by atoms with Crippen molar-refractivity contribution in [3.8, 4) is 0 Å². The number of hydrogen-bond donors (Lipinski definition) is 4. The molecule has 6 rings (SSSR count). The van der Waals surface area contributed by atoms with Crippen molar-refractivity contribution in [1.29, 1.82) is 0 Å². The third-order valence-corrected chi connectivity index (χ3v) is 14.4. The summed E-state index contributed by atoms with van der Waals surface area (Å²) < 4.78 is 25.7. The highest BCUT2D eigenvalue weighted by Crippen LogP contribution is 2.79. The third-order valence-electron chi connectivity index (χ3n) is 14.4. The van der Waals surface area contributed by atoms with E-state index in [4.69, 9.17) is 18.9 Å². The van der Waals surface area contributed by atoms with E-state index in [0.29, 0.717) is 17.8 Å². The van der Waals surface area contributed by atoms with Crippen LogP contribution in [0.15, 0.2) is 36.5 Å². The number of allylic oxidation sites excluding steroid dienone is 4. The van der Waals surface area contributed by atoms with Gasteiger partial charge in [-0.3, -0.25) is 0 Å². The quantitative estimate of drug-likeness (QED) is 0.221. The average Bonchev–Trinajstić information content (AvgIpc) is 3.37. The summed E-state index contributed by atoms with van der Waals surface area (Å²) in [7, 11) is 1.79. The van der Waals surface area contributed by atoms with Crippen LogP contribution in [0, 0.1) is 45.3 Å². The smallest absolute Gasteiger partial charge is 0.186 e. The fraction of sp³-hybridized carbons (Fsp3) is 0.838. The number of hydrogen-bond acceptors (Lipinski definition) is 8. The molecule has 1 spiro atoms. The maximum atomic E-state index is 10.8. The normalized spacial score (nSPS) is 52.3. The summed E-state index contributed by atoms with van der Waals surface area (Å²) in [6, 6.07) is 0. The number of ether oxygens (including phenoxy) is 4. The molecule has 0 unspecified atom stereocenters. The molecule has 2 heterocycles. The van der Waals surface area contributed by atoms with Crippen LogP contribution in [0.5, 0.6) is 0 Å². The maximum absolute atomic E-state index is 10.8. The second-order valence-electron chi connectivity index (χ2n) is 16.5. The second-order valence-corrected chi connectivity index (χ2v) is 16.5. The molecule has 5 fully saturated rings. The lowest BCUT2D eigenvalue weighted by Gasteiger charge is -2.65. The molecule has 8 nitrogen and oxygen atoms in total. The minimum absolute atomic E-state index is 0.114. The van der Waals surface area contributed by atoms with Crippen molar-refractivity contribution in [2.24, 2.45) is 45.3 Å². The Kier molecular flexibility index (Phi) is 8.64. The molecule has 45 heavy (non-hydrogen) atoms. The zero-order chi connectivity index (χ0) is 32.7. The summed E-state index contributed by atoms with van der Waals surface area (Å²) in [5, 5.41) is 41.2. The summed E-state index contributed by atoms with van der Waals surface area (Å²) in [6.45, 7) is 17.5. The molecule has 3 saturated carbocycles. The van der Waals surface area contributed by atoms with E-state index in [1.54, 1.807) is 7.11 Å². The standard InChI is InChI=1S/C37H58O8/c1-21(2)10-9-11-22(3)23-14-16-35(7)25-15-17-37-26(36(25,32(42-8)45-37)19-18-34(23,35)6)12-13-27(33(37,4)5)44-31-30(41)29(40)28(39)24(20-38)43-31/h9-10,15,17,22-32,38-41H,1,11-14,16,18-20H2,2-8H3/b10-9+/t22-,23-,24-,25+,26+,27+,28-,29+,30-,31+,32-,34-,35+,36+,37-/m1/s1. The Morgan fingerprint density at radius 1 is 1.02 bits per heavy atom. The molecule has 4 N–H and O–H groups in total. The summed E-state index contributed by atoms with van der Waals surface area (Å²) >= 11 is 0. The van der Waals surface area contributed by atoms with Gasteiger partial charge in [0.1, 0.15) is 30.0 Å². The lowest BCUT2D eigenvalue weighted by molar-refractivity contribution is -0.331. The van der Waals surface area contributed by atoms with E-state index in [1.807, 2.05) is 0 Å². The van der Waals surface area contributed by atoms with Crippen molar-refractivity contribution >= 4 is 0 Å². The van der Waals surface area contributed by atoms with Crippen molar-refractivity contribution in [2.75, 3.05) is 13.7 Å². The van der Waals surface area contributed by atoms with Crippen molar-refractivity contribution in [2.45, 2.75) is 135 Å². The van der Waals surface area contributed by atoms with Crippen LogP contribution in [0.4, 0.5) is 0 Å². The largest absolute Gasteiger partial charge is 0.394 e. The van der Waals surface area contributed by atoms with Crippen LogP contribution < -0.4 is 0 Å². The molecule has 254 valence electrons. The topological polar surface area (TPSA) is 118 Å². The van der Waals surface area contributed by atoms with Gasteiger partial charge in [0.2, 0.25) is 0 Å². The summed E-state index contributed by atoms with van der Waals surface area (Å²) in [5.41, 5.74) is 0.112. The van der Waals surface area contributed by atoms with Crippen LogP contribution in [0.2, 0.25) is 0 Å². The average molecular weight is 631 g/mol. The van der Waals surface area contributed by atoms with Gasteiger partial charge in [-0.2, -0.15) is 0 Å². The first-order valence-electron chi connectivity index (χ1n) is 17.3. The van der Waals surface area contributed by atoms with E-state index in [2.05, 4.69) is 72.4 Å². The fourth-order valence-corrected chi connectivity index (χ4v) is 11.7. The van der Waals surface area contributed by atoms with Gasteiger partial charge >= 0.3 is 0 Å². The number of aliphatic hydroxyl groups is 4. The van der Waals surface area contributed by atoms with Gasteiger partial charge in [-0.1, -0.05) is 71.1 Å². The lowest BCUT2D eigenvalue weighted by Crippen LogP contribution is -2.66. The highest BCUT2D eigenvalue weighted by atomic mass is 16.7. The number of methoxy groups -OCH3 is 1. The van der Waals surface area contributed by atoms with Crippen LogP contribution in [0.25, 0.3) is 0 Å². The first kappa shape index (κ1) is 33.8. The maximum Gasteiger partial charge on any atom is 0.186 e. The molecule has 2 bridgehead atoms. The minimum Gasteiger partial charge on any atom is -0.394 e. The van der Waals surface area contributed by atoms with Crippen LogP contribution >= 0.6 is 0 Å². The molecule has 0 aromatic heterocycles. The van der Waals surface area contributed by atoms with Crippen LogP contribution in [0.3, 0.4) is 0 Å². The molecule has 2 saturated heterocycles. The van der Waals surface area contributed by atoms with Gasteiger partial charge in [0.15, 0.2) is 12.6 Å². The molecule has 0 aromatic rings. The first-order valence-corrected chi connectivity index (χ1v) is 17.3. The zero-order valence-electron chi connectivity index (χ0n) is 28.4. The number of rotatable bonds is 8. The SMILES string of the molecule is C=C(C)/C=C/C[C@@H](C)[C@H]1CC[C@@]2(C)[C@@H]3C=C[C@@]45O[C@@H](OC)[C@]3(CC[C@]12C)[C@@H]4CC[C@H](O[C@@H]1O[C@H](CO)[C@@H](O)[C@H](O)[C@H]1O)C5(C)C. The zero-order valence-corrected chi connectivity index (χ0v) is 28.4. The highest BCUT2D eigenvalue weighted by molar-refractivity contribution is 5.34. The lowest BCUT2D eigenvalue weighted by atomic mass is 9.38. The van der Waals surface area contributed by atoms with Crippen molar-refractivity contribution in [3.05, 3.63) is 36.5 Å². The summed E-state index contributed by atoms with van der Waals surface area (Å²) in [6.07, 6.45) is 9.39. The van der Waals surface area contributed by atoms with E-state index >= 15 is 0 Å². The monoisotopic (exact) mass is 630 g/mol. The Hall–Kier alpha value is -1.10. The second kappa shape index (κ2) is 11.5. The number of aliphatic hydroxyl groups excluding tert-OH is 4. The predicted molar refractivity (Wildman–Crippen MR) is 171 cm³/mol. The van der Waals surface area contributed by atoms with E-state index in [0.717, 1.165) is 37.7 Å². The van der Waals surface area contributed by atoms with Crippen LogP contribution in [0.1, 0.15) is 86.5 Å². The Balaban J connectivity index is 1.31. The molecule has 8 heteroatoms. The Morgan fingerprint density at radius 2 is 1.76 bits per heavy atom. The fourth-order valence-electron chi connectivity index (χ4n) is 11.7. The molecular weight excluding hydrogens is 572 g/mol. The molecule has 15 atom stereocenters. The van der Waals surface area contributed by atoms with Gasteiger partial charge in [0.05, 0.1) is 12.7 Å². The van der Waals surface area contributed by atoms with E-state index in [1.165, 1.54) is 12.8 Å². The number of fused-ring (bicyclic) bond motifs is 2. The first-order chi connectivity index (χ1) is 21.1. The van der Waals surface area contributed by atoms with Gasteiger partial charge < -0.3 is 39.4 Å². The van der Waals surface area contributed by atoms with E-state index in [9.17, 15) is 20.4 Å². The van der Waals surface area contributed by atoms with Crippen molar-refractivity contribution in [1.82, 2.24) is 0 Å². The molecule has 6 aliphatic rings. The highest BCUT2D eigenvalue weighted by Gasteiger charge is 2.78. The minimum atomic E-state index is -1.48. The van der Waals surface area contributed by atoms with Crippen molar-refractivity contribution < 1.29 is 39.4 Å². The molecular formula is C37H58O8. The van der Waals surface area contributed by atoms with Gasteiger partial charge in [0, 0.05) is 23.9 Å². The molecule has 2 aliphatic heterocycles. The van der Waals surface area contributed by atoms with E-state index in [-0.39, 0.29) is 34.6 Å². The predicted octanol–water partition coefficient (Wildman–Crippen LogP) is 4.90. The molecule has 4 aliphatic carbocycles. The third kappa shape index (κ3) is 4.53. The Morgan fingerprint density at radius 3 is 2.42 bits per heavy atom. The van der Waals surface area contributed by atoms with Crippen LogP contribution in [-0.2, 0) is 18.9 Å². The Bertz CT molecular complexity index is 1200. The van der Waals surface area contributed by atoms with Crippen LogP contribution in [-0.4, -0.2) is 82.8 Å². The van der Waals surface area contributed by atoms with Gasteiger partial charge in [-0.25, -0.2) is 0 Å². The molecule has 0 aromatic carbocycles. The van der Waals surface area contributed by atoms with Crippen molar-refractivity contribution in [3.63, 3.8) is 0 Å². The summed E-state index contributed by atoms with van der Waals surface area (Å²) in [4.78, 5) is 0. The van der Waals surface area contributed by atoms with Gasteiger partial charge in [-0.15, -0.1) is 0 Å². The summed E-state index contributed by atoms with van der Waals surface area (Å²) in [5.74, 6) is 1.82. The van der Waals surface area contributed by atoms with E-state index < -0.39 is 48.3 Å². The molecule has 0 amide bonds. The Labute approximate surface area is 269 Å². The molecule has 0 radical (unpaired) electrons.